The highest BCUT2D eigenvalue weighted by molar-refractivity contribution is 5.03. The molecular weight excluding hydrogens is 174 g/mol. The summed E-state index contributed by atoms with van der Waals surface area (Å²) >= 11 is 0. The van der Waals surface area contributed by atoms with Gasteiger partial charge in [-0.15, -0.1) is 0 Å². The molecule has 1 heterocycles. The van der Waals surface area contributed by atoms with Gasteiger partial charge in [0.1, 0.15) is 13.2 Å². The van der Waals surface area contributed by atoms with Gasteiger partial charge in [0.15, 0.2) is 6.20 Å². The first-order valence-corrected chi connectivity index (χ1v) is 5.47. The molecule has 1 aliphatic rings. The average molecular weight is 192 g/mol. The van der Waals surface area contributed by atoms with Crippen LogP contribution in [0.25, 0.3) is 0 Å². The van der Waals surface area contributed by atoms with Gasteiger partial charge in [-0.2, -0.15) is 4.57 Å². The lowest BCUT2D eigenvalue weighted by Crippen LogP contribution is -2.33. The molecule has 0 aromatic carbocycles. The summed E-state index contributed by atoms with van der Waals surface area (Å²) in [5.41, 5.74) is 0. The average Bonchev–Trinajstić information content (AvgIpc) is 2.23. The van der Waals surface area contributed by atoms with Crippen molar-refractivity contribution in [2.75, 3.05) is 0 Å². The molecule has 14 heavy (non-hydrogen) atoms. The van der Waals surface area contributed by atoms with Gasteiger partial charge >= 0.3 is 5.88 Å². The zero-order chi connectivity index (χ0) is 9.80. The van der Waals surface area contributed by atoms with Gasteiger partial charge in [-0.1, -0.05) is 6.42 Å². The Bertz CT molecular complexity index is 292. The number of rotatable bonds is 2. The van der Waals surface area contributed by atoms with Crippen molar-refractivity contribution in [3.8, 4) is 5.88 Å². The summed E-state index contributed by atoms with van der Waals surface area (Å²) in [7, 11) is 2.03. The van der Waals surface area contributed by atoms with Crippen molar-refractivity contribution in [1.29, 1.82) is 0 Å². The van der Waals surface area contributed by atoms with Crippen molar-refractivity contribution < 1.29 is 9.30 Å². The highest BCUT2D eigenvalue weighted by Gasteiger charge is 2.18. The molecule has 2 heteroatoms. The maximum Gasteiger partial charge on any atom is 0.367 e. The van der Waals surface area contributed by atoms with Crippen LogP contribution in [0, 0.1) is 0 Å². The number of hydrogen-bond acceptors (Lipinski definition) is 1. The molecule has 1 aromatic heterocycles. The molecule has 0 atom stereocenters. The van der Waals surface area contributed by atoms with Gasteiger partial charge in [0.25, 0.3) is 0 Å². The molecule has 0 N–H and O–H groups in total. The molecule has 0 saturated heterocycles. The highest BCUT2D eigenvalue weighted by Crippen LogP contribution is 2.21. The molecule has 0 amide bonds. The SMILES string of the molecule is C[n+]1ccccc1OC1CCCCC1. The van der Waals surface area contributed by atoms with E-state index in [1.807, 2.05) is 36.0 Å². The summed E-state index contributed by atoms with van der Waals surface area (Å²) in [6, 6.07) is 6.08. The van der Waals surface area contributed by atoms with Crippen LogP contribution in [0.4, 0.5) is 0 Å². The van der Waals surface area contributed by atoms with Gasteiger partial charge in [-0.05, 0) is 31.7 Å². The molecule has 0 radical (unpaired) electrons. The number of ether oxygens (including phenoxy) is 1. The lowest BCUT2D eigenvalue weighted by Gasteiger charge is -2.20. The van der Waals surface area contributed by atoms with Crippen molar-refractivity contribution in [3.63, 3.8) is 0 Å². The first kappa shape index (κ1) is 9.50. The molecular formula is C12H18NO+. The van der Waals surface area contributed by atoms with E-state index in [-0.39, 0.29) is 0 Å². The Kier molecular flexibility index (Phi) is 3.02. The van der Waals surface area contributed by atoms with E-state index < -0.39 is 0 Å². The van der Waals surface area contributed by atoms with Crippen LogP contribution in [-0.2, 0) is 7.05 Å². The maximum absolute atomic E-state index is 5.95. The van der Waals surface area contributed by atoms with E-state index in [2.05, 4.69) is 0 Å². The molecule has 1 aromatic rings. The molecule has 2 rings (SSSR count). The Labute approximate surface area is 85.5 Å². The van der Waals surface area contributed by atoms with Gasteiger partial charge in [0, 0.05) is 6.07 Å². The van der Waals surface area contributed by atoms with Crippen molar-refractivity contribution >= 4 is 0 Å². The topological polar surface area (TPSA) is 13.1 Å². The Balaban J connectivity index is 1.99. The Morgan fingerprint density at radius 1 is 1.21 bits per heavy atom. The Hall–Kier alpha value is -1.05. The quantitative estimate of drug-likeness (QED) is 0.655. The van der Waals surface area contributed by atoms with Crippen LogP contribution < -0.4 is 9.30 Å². The third-order valence-corrected chi connectivity index (χ3v) is 2.85. The number of pyridine rings is 1. The zero-order valence-corrected chi connectivity index (χ0v) is 8.78. The minimum absolute atomic E-state index is 0.442. The van der Waals surface area contributed by atoms with Crippen LogP contribution in [0.15, 0.2) is 24.4 Å². The monoisotopic (exact) mass is 192 g/mol. The molecule has 2 nitrogen and oxygen atoms in total. The summed E-state index contributed by atoms with van der Waals surface area (Å²) < 4.78 is 7.99. The fraction of sp³-hybridized carbons (Fsp3) is 0.583. The fourth-order valence-corrected chi connectivity index (χ4v) is 1.98. The predicted molar refractivity (Wildman–Crippen MR) is 55.1 cm³/mol. The summed E-state index contributed by atoms with van der Waals surface area (Å²) in [6.07, 6.45) is 8.92. The van der Waals surface area contributed by atoms with Crippen LogP contribution in [0.3, 0.4) is 0 Å². The molecule has 0 aliphatic heterocycles. The number of aryl methyl sites for hydroxylation is 1. The van der Waals surface area contributed by atoms with Gasteiger partial charge in [-0.25, -0.2) is 0 Å². The summed E-state index contributed by atoms with van der Waals surface area (Å²) in [5.74, 6) is 0.986. The van der Waals surface area contributed by atoms with E-state index in [1.165, 1.54) is 32.1 Å². The number of nitrogens with zero attached hydrogens (tertiary/aromatic N) is 1. The van der Waals surface area contributed by atoms with Crippen LogP contribution in [0.2, 0.25) is 0 Å². The Morgan fingerprint density at radius 2 is 2.00 bits per heavy atom. The lowest BCUT2D eigenvalue weighted by atomic mass is 9.98. The number of aromatic nitrogens is 1. The largest absolute Gasteiger partial charge is 0.441 e. The second kappa shape index (κ2) is 4.45. The van der Waals surface area contributed by atoms with E-state index in [9.17, 15) is 0 Å². The first-order valence-electron chi connectivity index (χ1n) is 5.47. The summed E-state index contributed by atoms with van der Waals surface area (Å²) in [5, 5.41) is 0. The molecule has 1 fully saturated rings. The van der Waals surface area contributed by atoms with Gasteiger partial charge < -0.3 is 4.74 Å². The van der Waals surface area contributed by atoms with Gasteiger partial charge in [0.2, 0.25) is 0 Å². The van der Waals surface area contributed by atoms with Crippen LogP contribution >= 0.6 is 0 Å². The molecule has 0 unspecified atom stereocenters. The van der Waals surface area contributed by atoms with Crippen LogP contribution in [0.1, 0.15) is 32.1 Å². The van der Waals surface area contributed by atoms with Crippen molar-refractivity contribution in [2.24, 2.45) is 7.05 Å². The molecule has 1 aliphatic carbocycles. The molecule has 0 bridgehead atoms. The fourth-order valence-electron chi connectivity index (χ4n) is 1.98. The summed E-state index contributed by atoms with van der Waals surface area (Å²) in [6.45, 7) is 0. The Morgan fingerprint density at radius 3 is 2.71 bits per heavy atom. The first-order chi connectivity index (χ1) is 6.86. The highest BCUT2D eigenvalue weighted by atomic mass is 16.5. The minimum atomic E-state index is 0.442. The maximum atomic E-state index is 5.95. The predicted octanol–water partition coefficient (Wildman–Crippen LogP) is 2.22. The third-order valence-electron chi connectivity index (χ3n) is 2.85. The van der Waals surface area contributed by atoms with E-state index in [4.69, 9.17) is 4.74 Å². The summed E-state index contributed by atoms with van der Waals surface area (Å²) in [4.78, 5) is 0. The smallest absolute Gasteiger partial charge is 0.367 e. The normalized spacial score (nSPS) is 18.1. The van der Waals surface area contributed by atoms with Crippen molar-refractivity contribution in [3.05, 3.63) is 24.4 Å². The van der Waals surface area contributed by atoms with Crippen LogP contribution in [0.5, 0.6) is 5.88 Å². The van der Waals surface area contributed by atoms with Crippen molar-refractivity contribution in [1.82, 2.24) is 0 Å². The lowest BCUT2D eigenvalue weighted by molar-refractivity contribution is -0.678. The van der Waals surface area contributed by atoms with E-state index >= 15 is 0 Å². The third kappa shape index (κ3) is 2.25. The second-order valence-electron chi connectivity index (χ2n) is 4.03. The van der Waals surface area contributed by atoms with Gasteiger partial charge in [-0.3, -0.25) is 0 Å². The van der Waals surface area contributed by atoms with Crippen molar-refractivity contribution in [2.45, 2.75) is 38.2 Å². The molecule has 76 valence electrons. The van der Waals surface area contributed by atoms with E-state index in [0.29, 0.717) is 6.10 Å². The molecule has 0 spiro atoms. The van der Waals surface area contributed by atoms with E-state index in [1.54, 1.807) is 0 Å². The van der Waals surface area contributed by atoms with E-state index in [0.717, 1.165) is 5.88 Å². The standard InChI is InChI=1S/C12H18NO/c1-13-10-6-5-9-12(13)14-11-7-3-2-4-8-11/h5-6,9-11H,2-4,7-8H2,1H3/q+1. The van der Waals surface area contributed by atoms with Crippen LogP contribution in [-0.4, -0.2) is 6.10 Å². The number of hydrogen-bond donors (Lipinski definition) is 0. The minimum Gasteiger partial charge on any atom is -0.441 e. The second-order valence-corrected chi connectivity index (χ2v) is 4.03. The molecule has 1 saturated carbocycles. The van der Waals surface area contributed by atoms with Gasteiger partial charge in [0.05, 0.1) is 6.07 Å². The zero-order valence-electron chi connectivity index (χ0n) is 8.78.